The summed E-state index contributed by atoms with van der Waals surface area (Å²) >= 11 is 5.05. The minimum absolute atomic E-state index is 0.255. The molecule has 0 saturated heterocycles. The molecule has 1 aromatic heterocycles. The monoisotopic (exact) mass is 433 g/mol. The van der Waals surface area contributed by atoms with E-state index < -0.39 is 0 Å². The van der Waals surface area contributed by atoms with Gasteiger partial charge in [-0.05, 0) is 42.0 Å². The fraction of sp³-hybridized carbons (Fsp3) is 0.158. The van der Waals surface area contributed by atoms with Crippen LogP contribution in [0.2, 0.25) is 0 Å². The van der Waals surface area contributed by atoms with Gasteiger partial charge < -0.3 is 4.74 Å². The summed E-state index contributed by atoms with van der Waals surface area (Å²) in [4.78, 5) is 0. The second-order valence-electron chi connectivity index (χ2n) is 5.46. The largest absolute Gasteiger partial charge is 0.486 e. The fourth-order valence-electron chi connectivity index (χ4n) is 2.25. The van der Waals surface area contributed by atoms with Crippen molar-refractivity contribution >= 4 is 27.7 Å². The van der Waals surface area contributed by atoms with E-state index in [9.17, 15) is 4.39 Å². The lowest BCUT2D eigenvalue weighted by Crippen LogP contribution is -2.07. The normalized spacial score (nSPS) is 10.7. The van der Waals surface area contributed by atoms with Crippen molar-refractivity contribution in [3.05, 3.63) is 82.9 Å². The molecule has 0 unspecified atom stereocenters. The van der Waals surface area contributed by atoms with Gasteiger partial charge in [-0.25, -0.2) is 4.39 Å². The molecule has 1 heterocycles. The van der Waals surface area contributed by atoms with Crippen molar-refractivity contribution in [2.75, 3.05) is 0 Å². The molecule has 0 amide bonds. The van der Waals surface area contributed by atoms with Gasteiger partial charge in [0.1, 0.15) is 18.2 Å². The van der Waals surface area contributed by atoms with Crippen LogP contribution in [0, 0.1) is 5.82 Å². The topological polar surface area (TPSA) is 39.9 Å². The zero-order valence-electron chi connectivity index (χ0n) is 13.9. The van der Waals surface area contributed by atoms with Crippen LogP contribution in [0.15, 0.2) is 70.8 Å². The molecule has 0 radical (unpaired) electrons. The first-order valence-electron chi connectivity index (χ1n) is 7.94. The Balaban J connectivity index is 1.67. The lowest BCUT2D eigenvalue weighted by Gasteiger charge is -2.09. The minimum atomic E-state index is -0.293. The molecule has 0 aliphatic carbocycles. The van der Waals surface area contributed by atoms with Crippen LogP contribution in [0.3, 0.4) is 0 Å². The van der Waals surface area contributed by atoms with Gasteiger partial charge in [-0.3, -0.25) is 4.57 Å². The first-order valence-corrected chi connectivity index (χ1v) is 9.72. The van der Waals surface area contributed by atoms with Gasteiger partial charge in [0.15, 0.2) is 11.0 Å². The van der Waals surface area contributed by atoms with Crippen LogP contribution in [0.4, 0.5) is 4.39 Å². The summed E-state index contributed by atoms with van der Waals surface area (Å²) in [6.45, 7) is 4.65. The summed E-state index contributed by atoms with van der Waals surface area (Å²) < 4.78 is 21.7. The van der Waals surface area contributed by atoms with E-state index in [1.807, 2.05) is 16.7 Å². The molecule has 4 nitrogen and oxygen atoms in total. The van der Waals surface area contributed by atoms with Crippen molar-refractivity contribution in [2.24, 2.45) is 0 Å². The Hall–Kier alpha value is -2.12. The molecule has 7 heteroatoms. The molecule has 0 spiro atoms. The standard InChI is InChI=1S/C19H17BrFN3OS/c1-2-11-24-18(12-25-17-9-7-16(21)8-10-17)22-23-19(24)26-13-14-3-5-15(20)6-4-14/h2-10H,1,11-13H2. The summed E-state index contributed by atoms with van der Waals surface area (Å²) in [7, 11) is 0. The van der Waals surface area contributed by atoms with Crippen LogP contribution in [0.1, 0.15) is 11.4 Å². The molecule has 3 aromatic rings. The summed E-state index contributed by atoms with van der Waals surface area (Å²) in [5.41, 5.74) is 1.20. The highest BCUT2D eigenvalue weighted by molar-refractivity contribution is 9.10. The number of hydrogen-bond acceptors (Lipinski definition) is 4. The Kier molecular flexibility index (Phi) is 6.46. The molecule has 0 N–H and O–H groups in total. The number of thioether (sulfide) groups is 1. The van der Waals surface area contributed by atoms with E-state index in [4.69, 9.17) is 4.74 Å². The molecule has 26 heavy (non-hydrogen) atoms. The zero-order valence-corrected chi connectivity index (χ0v) is 16.3. The second-order valence-corrected chi connectivity index (χ2v) is 7.31. The van der Waals surface area contributed by atoms with E-state index in [1.165, 1.54) is 17.7 Å². The number of allylic oxidation sites excluding steroid dienone is 1. The van der Waals surface area contributed by atoms with Crippen molar-refractivity contribution in [2.45, 2.75) is 24.1 Å². The molecule has 0 saturated carbocycles. The molecule has 3 rings (SSSR count). The Morgan fingerprint density at radius 2 is 1.85 bits per heavy atom. The average molecular weight is 434 g/mol. The van der Waals surface area contributed by atoms with Crippen LogP contribution in [0.5, 0.6) is 5.75 Å². The third kappa shape index (κ3) is 4.95. The quantitative estimate of drug-likeness (QED) is 0.359. The number of benzene rings is 2. The fourth-order valence-corrected chi connectivity index (χ4v) is 3.44. The van der Waals surface area contributed by atoms with Gasteiger partial charge in [-0.15, -0.1) is 16.8 Å². The second kappa shape index (κ2) is 9.00. The van der Waals surface area contributed by atoms with Crippen LogP contribution < -0.4 is 4.74 Å². The molecule has 0 aliphatic heterocycles. The van der Waals surface area contributed by atoms with Gasteiger partial charge in [-0.2, -0.15) is 0 Å². The molecule has 0 fully saturated rings. The zero-order chi connectivity index (χ0) is 18.4. The van der Waals surface area contributed by atoms with E-state index >= 15 is 0 Å². The smallest absolute Gasteiger partial charge is 0.191 e. The Morgan fingerprint density at radius 3 is 2.54 bits per heavy atom. The molecule has 0 bridgehead atoms. The maximum atomic E-state index is 13.0. The molecular weight excluding hydrogens is 417 g/mol. The summed E-state index contributed by atoms with van der Waals surface area (Å²) in [6, 6.07) is 14.1. The lowest BCUT2D eigenvalue weighted by molar-refractivity contribution is 0.288. The van der Waals surface area contributed by atoms with Crippen molar-refractivity contribution in [3.63, 3.8) is 0 Å². The molecular formula is C19H17BrFN3OS. The third-order valence-corrected chi connectivity index (χ3v) is 5.13. The van der Waals surface area contributed by atoms with Crippen LogP contribution in [-0.2, 0) is 18.9 Å². The number of rotatable bonds is 8. The van der Waals surface area contributed by atoms with Gasteiger partial charge in [0.25, 0.3) is 0 Å². The number of nitrogens with zero attached hydrogens (tertiary/aromatic N) is 3. The number of aromatic nitrogens is 3. The van der Waals surface area contributed by atoms with E-state index in [0.29, 0.717) is 18.1 Å². The summed E-state index contributed by atoms with van der Waals surface area (Å²) in [5.74, 6) is 1.79. The Bertz CT molecular complexity index is 798. The predicted molar refractivity (Wildman–Crippen MR) is 105 cm³/mol. The number of ether oxygens (including phenoxy) is 1. The van der Waals surface area contributed by atoms with E-state index in [-0.39, 0.29) is 12.4 Å². The van der Waals surface area contributed by atoms with Crippen LogP contribution in [-0.4, -0.2) is 14.8 Å². The minimum Gasteiger partial charge on any atom is -0.486 e. The SMILES string of the molecule is C=CCn1c(COc2ccc(F)cc2)nnc1SCc1ccc(Br)cc1. The average Bonchev–Trinajstić information content (AvgIpc) is 3.03. The first kappa shape index (κ1) is 18.7. The van der Waals surface area contributed by atoms with E-state index in [2.05, 4.69) is 44.8 Å². The van der Waals surface area contributed by atoms with Crippen molar-refractivity contribution in [3.8, 4) is 5.75 Å². The van der Waals surface area contributed by atoms with Crippen molar-refractivity contribution in [1.29, 1.82) is 0 Å². The lowest BCUT2D eigenvalue weighted by atomic mass is 10.2. The van der Waals surface area contributed by atoms with Gasteiger partial charge in [0.05, 0.1) is 0 Å². The van der Waals surface area contributed by atoms with Crippen LogP contribution >= 0.6 is 27.7 Å². The van der Waals surface area contributed by atoms with E-state index in [1.54, 1.807) is 30.0 Å². The van der Waals surface area contributed by atoms with Crippen molar-refractivity contribution < 1.29 is 9.13 Å². The maximum absolute atomic E-state index is 13.0. The number of halogens is 2. The van der Waals surface area contributed by atoms with Gasteiger partial charge in [-0.1, -0.05) is 45.9 Å². The van der Waals surface area contributed by atoms with Crippen molar-refractivity contribution in [1.82, 2.24) is 14.8 Å². The Morgan fingerprint density at radius 1 is 1.12 bits per heavy atom. The highest BCUT2D eigenvalue weighted by Crippen LogP contribution is 2.23. The molecule has 0 atom stereocenters. The van der Waals surface area contributed by atoms with Gasteiger partial charge >= 0.3 is 0 Å². The van der Waals surface area contributed by atoms with Gasteiger partial charge in [0, 0.05) is 16.8 Å². The third-order valence-electron chi connectivity index (χ3n) is 3.57. The highest BCUT2D eigenvalue weighted by Gasteiger charge is 2.12. The predicted octanol–water partition coefficient (Wildman–Crippen LogP) is 5.24. The molecule has 2 aromatic carbocycles. The Labute approximate surface area is 164 Å². The van der Waals surface area contributed by atoms with Gasteiger partial charge in [0.2, 0.25) is 0 Å². The molecule has 0 aliphatic rings. The maximum Gasteiger partial charge on any atom is 0.191 e. The highest BCUT2D eigenvalue weighted by atomic mass is 79.9. The number of hydrogen-bond donors (Lipinski definition) is 0. The first-order chi connectivity index (χ1) is 12.7. The summed E-state index contributed by atoms with van der Waals surface area (Å²) in [6.07, 6.45) is 1.80. The van der Waals surface area contributed by atoms with Crippen LogP contribution in [0.25, 0.3) is 0 Å². The summed E-state index contributed by atoms with van der Waals surface area (Å²) in [5, 5.41) is 9.31. The van der Waals surface area contributed by atoms with E-state index in [0.717, 1.165) is 15.4 Å². The molecule has 134 valence electrons.